The monoisotopic (exact) mass is 338 g/mol. The topological polar surface area (TPSA) is 34.4 Å². The second kappa shape index (κ2) is 6.10. The number of carbonyl (C=O) groups excluding carboxylic acids is 1. The van der Waals surface area contributed by atoms with Crippen LogP contribution in [0.2, 0.25) is 0 Å². The van der Waals surface area contributed by atoms with E-state index in [0.29, 0.717) is 26.4 Å². The van der Waals surface area contributed by atoms with Crippen molar-refractivity contribution >= 4 is 38.8 Å². The first kappa shape index (κ1) is 15.1. The molecule has 2 aromatic heterocycles. The fourth-order valence-corrected chi connectivity index (χ4v) is 3.89. The van der Waals surface area contributed by atoms with Gasteiger partial charge < -0.3 is 4.57 Å². The molecule has 3 nitrogen and oxygen atoms in total. The largest absolute Gasteiger partial charge is 0.314 e. The third kappa shape index (κ3) is 2.74. The Kier molecular flexibility index (Phi) is 4.17. The maximum Gasteiger partial charge on any atom is 0.289 e. The standard InChI is InChI=1S/C15H12F2N2OS2/c1-2-5-19-13-10(17)7-9(16)8-12(13)22-15(19)18-14(20)11-4-3-6-21-11/h3-4,6-8H,2,5H2,1H3. The SMILES string of the molecule is CCCn1c(=NC(=O)c2cccs2)sc2cc(F)cc(F)c21. The number of benzene rings is 1. The van der Waals surface area contributed by atoms with Crippen LogP contribution in [-0.2, 0) is 6.54 Å². The lowest BCUT2D eigenvalue weighted by molar-refractivity contribution is 0.100. The van der Waals surface area contributed by atoms with E-state index in [0.717, 1.165) is 23.8 Å². The van der Waals surface area contributed by atoms with E-state index >= 15 is 0 Å². The Morgan fingerprint density at radius 3 is 2.86 bits per heavy atom. The molecule has 0 N–H and O–H groups in total. The van der Waals surface area contributed by atoms with Gasteiger partial charge >= 0.3 is 0 Å². The molecule has 1 aromatic carbocycles. The summed E-state index contributed by atoms with van der Waals surface area (Å²) in [6.07, 6.45) is 0.753. The molecule has 0 fully saturated rings. The van der Waals surface area contributed by atoms with E-state index in [-0.39, 0.29) is 5.91 Å². The molecule has 0 saturated heterocycles. The maximum absolute atomic E-state index is 14.1. The summed E-state index contributed by atoms with van der Waals surface area (Å²) in [6, 6.07) is 5.58. The fraction of sp³-hybridized carbons (Fsp3) is 0.200. The number of rotatable bonds is 3. The summed E-state index contributed by atoms with van der Waals surface area (Å²) in [6.45, 7) is 2.46. The third-order valence-corrected chi connectivity index (χ3v) is 4.95. The highest BCUT2D eigenvalue weighted by Crippen LogP contribution is 2.22. The average Bonchev–Trinajstić information content (AvgIpc) is 3.08. The number of carbonyl (C=O) groups is 1. The molecule has 0 aliphatic carbocycles. The van der Waals surface area contributed by atoms with Gasteiger partial charge in [0.25, 0.3) is 5.91 Å². The minimum absolute atomic E-state index is 0.297. The number of thiazole rings is 1. The molecule has 3 rings (SSSR count). The Morgan fingerprint density at radius 1 is 1.36 bits per heavy atom. The molecular formula is C15H12F2N2OS2. The van der Waals surface area contributed by atoms with Crippen LogP contribution in [0.25, 0.3) is 10.2 Å². The zero-order valence-corrected chi connectivity index (χ0v) is 13.3. The van der Waals surface area contributed by atoms with Crippen molar-refractivity contribution in [3.63, 3.8) is 0 Å². The predicted molar refractivity (Wildman–Crippen MR) is 84.2 cm³/mol. The highest BCUT2D eigenvalue weighted by atomic mass is 32.1. The summed E-state index contributed by atoms with van der Waals surface area (Å²) in [5.41, 5.74) is 0.297. The van der Waals surface area contributed by atoms with Crippen molar-refractivity contribution in [2.75, 3.05) is 0 Å². The van der Waals surface area contributed by atoms with Gasteiger partial charge in [-0.2, -0.15) is 4.99 Å². The van der Waals surface area contributed by atoms with Gasteiger partial charge in [-0.1, -0.05) is 24.3 Å². The normalized spacial score (nSPS) is 12.2. The van der Waals surface area contributed by atoms with Gasteiger partial charge in [0.1, 0.15) is 5.82 Å². The Hall–Kier alpha value is -1.86. The second-order valence-electron chi connectivity index (χ2n) is 4.66. The maximum atomic E-state index is 14.1. The minimum Gasteiger partial charge on any atom is -0.314 e. The Bertz CT molecular complexity index is 894. The molecule has 2 heterocycles. The van der Waals surface area contributed by atoms with Gasteiger partial charge in [-0.05, 0) is 23.9 Å². The number of hydrogen-bond acceptors (Lipinski definition) is 3. The van der Waals surface area contributed by atoms with Crippen LogP contribution >= 0.6 is 22.7 Å². The molecule has 114 valence electrons. The lowest BCUT2D eigenvalue weighted by Crippen LogP contribution is -2.17. The van der Waals surface area contributed by atoms with Crippen LogP contribution in [-0.4, -0.2) is 10.5 Å². The van der Waals surface area contributed by atoms with Crippen molar-refractivity contribution in [2.24, 2.45) is 4.99 Å². The molecule has 0 radical (unpaired) electrons. The van der Waals surface area contributed by atoms with Gasteiger partial charge in [-0.25, -0.2) is 8.78 Å². The highest BCUT2D eigenvalue weighted by molar-refractivity contribution is 7.16. The first-order valence-electron chi connectivity index (χ1n) is 6.71. The Balaban J connectivity index is 2.22. The Labute approximate surface area is 133 Å². The quantitative estimate of drug-likeness (QED) is 0.705. The number of amides is 1. The molecule has 0 atom stereocenters. The molecule has 3 aromatic rings. The van der Waals surface area contributed by atoms with Crippen LogP contribution in [0.15, 0.2) is 34.6 Å². The minimum atomic E-state index is -0.635. The Morgan fingerprint density at radius 2 is 2.18 bits per heavy atom. The van der Waals surface area contributed by atoms with Crippen LogP contribution in [0.5, 0.6) is 0 Å². The zero-order valence-electron chi connectivity index (χ0n) is 11.7. The van der Waals surface area contributed by atoms with Crippen LogP contribution in [0.1, 0.15) is 23.0 Å². The van der Waals surface area contributed by atoms with Crippen LogP contribution in [0.4, 0.5) is 8.78 Å². The summed E-state index contributed by atoms with van der Waals surface area (Å²) in [7, 11) is 0. The van der Waals surface area contributed by atoms with Crippen molar-refractivity contribution in [1.82, 2.24) is 4.57 Å². The number of thiophene rings is 1. The van der Waals surface area contributed by atoms with Crippen molar-refractivity contribution in [3.05, 3.63) is 51.0 Å². The van der Waals surface area contributed by atoms with E-state index in [1.807, 2.05) is 6.92 Å². The first-order chi connectivity index (χ1) is 10.6. The molecule has 0 aliphatic rings. The van der Waals surface area contributed by atoms with Gasteiger partial charge in [0.15, 0.2) is 10.6 Å². The molecule has 0 saturated carbocycles. The lowest BCUT2D eigenvalue weighted by Gasteiger charge is -2.03. The van der Waals surface area contributed by atoms with E-state index < -0.39 is 11.6 Å². The molecule has 1 amide bonds. The highest BCUT2D eigenvalue weighted by Gasteiger charge is 2.14. The number of halogens is 2. The first-order valence-corrected chi connectivity index (χ1v) is 8.40. The summed E-state index contributed by atoms with van der Waals surface area (Å²) < 4.78 is 29.5. The third-order valence-electron chi connectivity index (χ3n) is 3.07. The predicted octanol–water partition coefficient (Wildman–Crippen LogP) is 4.19. The fourth-order valence-electron chi connectivity index (χ4n) is 2.19. The van der Waals surface area contributed by atoms with Gasteiger partial charge in [0.2, 0.25) is 0 Å². The van der Waals surface area contributed by atoms with Crippen molar-refractivity contribution < 1.29 is 13.6 Å². The molecule has 0 unspecified atom stereocenters. The molecule has 0 aliphatic heterocycles. The van der Waals surface area contributed by atoms with Gasteiger partial charge in [-0.15, -0.1) is 11.3 Å². The van der Waals surface area contributed by atoms with Gasteiger partial charge in [0, 0.05) is 12.6 Å². The number of nitrogens with zero attached hydrogens (tertiary/aromatic N) is 2. The number of hydrogen-bond donors (Lipinski definition) is 0. The van der Waals surface area contributed by atoms with Gasteiger partial charge in [0.05, 0.1) is 15.1 Å². The van der Waals surface area contributed by atoms with Crippen LogP contribution in [0.3, 0.4) is 0 Å². The summed E-state index contributed by atoms with van der Waals surface area (Å²) in [5.74, 6) is -1.64. The molecule has 0 bridgehead atoms. The summed E-state index contributed by atoms with van der Waals surface area (Å²) in [4.78, 5) is 17.1. The smallest absolute Gasteiger partial charge is 0.289 e. The van der Waals surface area contributed by atoms with Crippen molar-refractivity contribution in [1.29, 1.82) is 0 Å². The number of fused-ring (bicyclic) bond motifs is 1. The molecule has 0 spiro atoms. The van der Waals surface area contributed by atoms with E-state index in [1.165, 1.54) is 17.4 Å². The van der Waals surface area contributed by atoms with E-state index in [4.69, 9.17) is 0 Å². The summed E-state index contributed by atoms with van der Waals surface area (Å²) >= 11 is 2.42. The van der Waals surface area contributed by atoms with Crippen molar-refractivity contribution in [2.45, 2.75) is 19.9 Å². The second-order valence-corrected chi connectivity index (χ2v) is 6.62. The average molecular weight is 338 g/mol. The van der Waals surface area contributed by atoms with E-state index in [9.17, 15) is 13.6 Å². The van der Waals surface area contributed by atoms with Gasteiger partial charge in [-0.3, -0.25) is 4.79 Å². The van der Waals surface area contributed by atoms with Crippen LogP contribution < -0.4 is 4.80 Å². The molecule has 22 heavy (non-hydrogen) atoms. The lowest BCUT2D eigenvalue weighted by atomic mass is 10.3. The number of aryl methyl sites for hydroxylation is 1. The van der Waals surface area contributed by atoms with Crippen LogP contribution in [0, 0.1) is 11.6 Å². The summed E-state index contributed by atoms with van der Waals surface area (Å²) in [5, 5.41) is 1.79. The molecular weight excluding hydrogens is 326 g/mol. The zero-order chi connectivity index (χ0) is 15.7. The molecule has 7 heteroatoms. The van der Waals surface area contributed by atoms with E-state index in [2.05, 4.69) is 4.99 Å². The van der Waals surface area contributed by atoms with Crippen molar-refractivity contribution in [3.8, 4) is 0 Å². The van der Waals surface area contributed by atoms with E-state index in [1.54, 1.807) is 22.1 Å². The number of aromatic nitrogens is 1.